The minimum absolute atomic E-state index is 0.404. The van der Waals surface area contributed by atoms with Crippen molar-refractivity contribution in [1.82, 2.24) is 10.6 Å². The highest BCUT2D eigenvalue weighted by Crippen LogP contribution is 2.34. The Balaban J connectivity index is 2.14. The summed E-state index contributed by atoms with van der Waals surface area (Å²) in [6, 6.07) is 0.404. The standard InChI is InChI=1S/C17H35N4O/c1-3-4-10-20-11-15(19)12-21-14(2)16-13-22-17(16)8-6-5-7-9-18/h11,14,16,20-21H,3-10,12-13,18-19H2,1-2H3/q+1/b15-11-. The molecule has 0 bridgehead atoms. The van der Waals surface area contributed by atoms with Gasteiger partial charge in [-0.1, -0.05) is 13.3 Å². The molecule has 1 aliphatic heterocycles. The van der Waals surface area contributed by atoms with Gasteiger partial charge in [-0.3, -0.25) is 0 Å². The topological polar surface area (TPSA) is 85.3 Å². The largest absolute Gasteiger partial charge is 0.400 e. The molecule has 1 fully saturated rings. The molecular formula is C17H35N4O+. The van der Waals surface area contributed by atoms with Gasteiger partial charge in [-0.2, -0.15) is 4.74 Å². The van der Waals surface area contributed by atoms with E-state index in [1.807, 2.05) is 6.20 Å². The van der Waals surface area contributed by atoms with E-state index in [9.17, 15) is 0 Å². The highest BCUT2D eigenvalue weighted by atomic mass is 16.5. The van der Waals surface area contributed by atoms with Crippen molar-refractivity contribution in [3.8, 4) is 0 Å². The fourth-order valence-electron chi connectivity index (χ4n) is 2.55. The van der Waals surface area contributed by atoms with Crippen LogP contribution < -0.4 is 22.1 Å². The zero-order chi connectivity index (χ0) is 16.2. The smallest absolute Gasteiger partial charge is 0.248 e. The quantitative estimate of drug-likeness (QED) is 0.308. The molecule has 5 heteroatoms. The molecule has 0 saturated carbocycles. The zero-order valence-corrected chi connectivity index (χ0v) is 14.4. The van der Waals surface area contributed by atoms with Crippen LogP contribution in [0.5, 0.6) is 0 Å². The zero-order valence-electron chi connectivity index (χ0n) is 14.4. The van der Waals surface area contributed by atoms with E-state index in [0.717, 1.165) is 44.8 Å². The van der Waals surface area contributed by atoms with Gasteiger partial charge >= 0.3 is 0 Å². The molecule has 0 aromatic rings. The van der Waals surface area contributed by atoms with Crippen LogP contribution in [0.2, 0.25) is 0 Å². The fourth-order valence-corrected chi connectivity index (χ4v) is 2.55. The van der Waals surface area contributed by atoms with Crippen molar-refractivity contribution in [1.29, 1.82) is 0 Å². The molecule has 0 amide bonds. The lowest BCUT2D eigenvalue weighted by atomic mass is 9.87. The van der Waals surface area contributed by atoms with E-state index < -0.39 is 0 Å². The van der Waals surface area contributed by atoms with Crippen molar-refractivity contribution >= 4 is 0 Å². The van der Waals surface area contributed by atoms with Crippen molar-refractivity contribution in [3.05, 3.63) is 18.0 Å². The summed E-state index contributed by atoms with van der Waals surface area (Å²) in [4.78, 5) is 0. The van der Waals surface area contributed by atoms with Gasteiger partial charge in [0.1, 0.15) is 13.0 Å². The second kappa shape index (κ2) is 11.6. The number of nitrogens with two attached hydrogens (primary N) is 2. The summed E-state index contributed by atoms with van der Waals surface area (Å²) in [6.45, 7) is 7.73. The van der Waals surface area contributed by atoms with Crippen molar-refractivity contribution in [3.63, 3.8) is 0 Å². The second-order valence-electron chi connectivity index (χ2n) is 6.18. The Hall–Kier alpha value is -0.910. The van der Waals surface area contributed by atoms with Crippen LogP contribution in [-0.2, 0) is 4.74 Å². The number of rotatable bonds is 13. The van der Waals surface area contributed by atoms with Gasteiger partial charge < -0.3 is 22.1 Å². The van der Waals surface area contributed by atoms with Crippen LogP contribution in [0.1, 0.15) is 52.4 Å². The third-order valence-corrected chi connectivity index (χ3v) is 4.18. The molecule has 0 aromatic carbocycles. The van der Waals surface area contributed by atoms with Gasteiger partial charge in [0, 0.05) is 25.0 Å². The van der Waals surface area contributed by atoms with Gasteiger partial charge in [0.15, 0.2) is 5.92 Å². The fraction of sp³-hybridized carbons (Fsp3) is 0.824. The predicted octanol–water partition coefficient (Wildman–Crippen LogP) is 1.85. The molecule has 0 spiro atoms. The molecule has 5 nitrogen and oxygen atoms in total. The Morgan fingerprint density at radius 3 is 2.82 bits per heavy atom. The molecule has 1 heterocycles. The lowest BCUT2D eigenvalue weighted by Crippen LogP contribution is -2.47. The highest BCUT2D eigenvalue weighted by molar-refractivity contribution is 5.03. The summed E-state index contributed by atoms with van der Waals surface area (Å²) in [7, 11) is 0. The number of hydrogen-bond acceptors (Lipinski definition) is 5. The maximum Gasteiger partial charge on any atom is 0.248 e. The molecule has 1 aliphatic rings. The molecule has 22 heavy (non-hydrogen) atoms. The summed E-state index contributed by atoms with van der Waals surface area (Å²) >= 11 is 0. The summed E-state index contributed by atoms with van der Waals surface area (Å²) in [6.07, 6.45) is 10.1. The first-order chi connectivity index (χ1) is 10.7. The predicted molar refractivity (Wildman–Crippen MR) is 92.9 cm³/mol. The van der Waals surface area contributed by atoms with Crippen molar-refractivity contribution in [2.24, 2.45) is 17.4 Å². The van der Waals surface area contributed by atoms with Crippen molar-refractivity contribution in [2.45, 2.75) is 58.4 Å². The van der Waals surface area contributed by atoms with Crippen LogP contribution in [0.25, 0.3) is 0 Å². The van der Waals surface area contributed by atoms with Gasteiger partial charge in [0.25, 0.3) is 0 Å². The van der Waals surface area contributed by atoms with Gasteiger partial charge in [-0.25, -0.2) is 0 Å². The Kier molecular flexibility index (Phi) is 10.1. The molecule has 0 radical (unpaired) electrons. The average molecular weight is 311 g/mol. The van der Waals surface area contributed by atoms with E-state index in [-0.39, 0.29) is 0 Å². The Morgan fingerprint density at radius 1 is 1.36 bits per heavy atom. The van der Waals surface area contributed by atoms with Crippen LogP contribution in [0, 0.1) is 12.0 Å². The average Bonchev–Trinajstić information content (AvgIpc) is 2.48. The van der Waals surface area contributed by atoms with Gasteiger partial charge in [0.05, 0.1) is 6.04 Å². The molecule has 2 unspecified atom stereocenters. The summed E-state index contributed by atoms with van der Waals surface area (Å²) in [5.74, 6) is 0.527. The first-order valence-electron chi connectivity index (χ1n) is 8.78. The van der Waals surface area contributed by atoms with Gasteiger partial charge in [-0.05, 0) is 39.2 Å². The van der Waals surface area contributed by atoms with E-state index in [1.165, 1.54) is 31.8 Å². The number of nitrogens with one attached hydrogen (secondary N) is 2. The Morgan fingerprint density at radius 2 is 2.18 bits per heavy atom. The SMILES string of the molecule is CCCCN/C=C(\N)CNC(C)C1CO[C+]1CCCCCN. The maximum atomic E-state index is 6.00. The van der Waals surface area contributed by atoms with E-state index >= 15 is 0 Å². The molecule has 2 atom stereocenters. The van der Waals surface area contributed by atoms with Crippen molar-refractivity contribution in [2.75, 3.05) is 26.2 Å². The summed E-state index contributed by atoms with van der Waals surface area (Å²) < 4.78 is 5.63. The van der Waals surface area contributed by atoms with Crippen LogP contribution in [0.15, 0.2) is 11.9 Å². The minimum atomic E-state index is 0.404. The Bertz CT molecular complexity index is 309. The number of ether oxygens (including phenoxy) is 1. The van der Waals surface area contributed by atoms with E-state index in [1.54, 1.807) is 0 Å². The molecular weight excluding hydrogens is 276 g/mol. The number of hydrogen-bond donors (Lipinski definition) is 4. The second-order valence-corrected chi connectivity index (χ2v) is 6.18. The summed E-state index contributed by atoms with van der Waals surface area (Å²) in [5.41, 5.74) is 12.4. The lowest BCUT2D eigenvalue weighted by Gasteiger charge is -2.29. The molecule has 0 aliphatic carbocycles. The first kappa shape index (κ1) is 19.1. The molecule has 6 N–H and O–H groups in total. The van der Waals surface area contributed by atoms with Gasteiger partial charge in [0.2, 0.25) is 6.10 Å². The molecule has 1 saturated heterocycles. The molecule has 1 rings (SSSR count). The maximum absolute atomic E-state index is 6.00. The molecule has 128 valence electrons. The van der Waals surface area contributed by atoms with E-state index in [4.69, 9.17) is 16.2 Å². The third kappa shape index (κ3) is 7.38. The van der Waals surface area contributed by atoms with E-state index in [0.29, 0.717) is 12.0 Å². The first-order valence-corrected chi connectivity index (χ1v) is 8.78. The van der Waals surface area contributed by atoms with Crippen LogP contribution in [0.4, 0.5) is 0 Å². The van der Waals surface area contributed by atoms with Crippen LogP contribution >= 0.6 is 0 Å². The third-order valence-electron chi connectivity index (χ3n) is 4.18. The van der Waals surface area contributed by atoms with Crippen LogP contribution in [-0.4, -0.2) is 32.3 Å². The number of unbranched alkanes of at least 4 members (excludes halogenated alkanes) is 3. The highest BCUT2D eigenvalue weighted by Gasteiger charge is 2.48. The van der Waals surface area contributed by atoms with E-state index in [2.05, 4.69) is 24.5 Å². The van der Waals surface area contributed by atoms with Crippen LogP contribution in [0.3, 0.4) is 0 Å². The minimum Gasteiger partial charge on any atom is -0.400 e. The summed E-state index contributed by atoms with van der Waals surface area (Å²) in [5, 5.41) is 6.75. The monoisotopic (exact) mass is 311 g/mol. The van der Waals surface area contributed by atoms with Gasteiger partial charge in [-0.15, -0.1) is 0 Å². The molecule has 0 aromatic heterocycles. The van der Waals surface area contributed by atoms with Crippen molar-refractivity contribution < 1.29 is 4.74 Å². The Labute approximate surface area is 136 Å². The lowest BCUT2D eigenvalue weighted by molar-refractivity contribution is -0.0451. The normalized spacial score (nSPS) is 19.9.